The van der Waals surface area contributed by atoms with E-state index in [-0.39, 0.29) is 36.0 Å². The van der Waals surface area contributed by atoms with Gasteiger partial charge in [0.05, 0.1) is 0 Å². The lowest BCUT2D eigenvalue weighted by Crippen LogP contribution is -2.17. The minimum atomic E-state index is -0.277. The van der Waals surface area contributed by atoms with Crippen molar-refractivity contribution in [1.29, 1.82) is 0 Å². The van der Waals surface area contributed by atoms with Gasteiger partial charge in [0.2, 0.25) is 0 Å². The Labute approximate surface area is 117 Å². The van der Waals surface area contributed by atoms with E-state index < -0.39 is 0 Å². The predicted molar refractivity (Wildman–Crippen MR) is 75.4 cm³/mol. The molecule has 102 valence electrons. The average molecular weight is 284 g/mol. The molecule has 19 heavy (non-hydrogen) atoms. The van der Waals surface area contributed by atoms with Crippen LogP contribution in [0.5, 0.6) is 0 Å². The zero-order chi connectivity index (χ0) is 13.1. The third-order valence-electron chi connectivity index (χ3n) is 3.19. The van der Waals surface area contributed by atoms with Gasteiger partial charge in [-0.3, -0.25) is 0 Å². The summed E-state index contributed by atoms with van der Waals surface area (Å²) in [7, 11) is 0. The molecule has 2 N–H and O–H groups in total. The zero-order valence-corrected chi connectivity index (χ0v) is 11.3. The van der Waals surface area contributed by atoms with E-state index in [0.29, 0.717) is 0 Å². The Balaban J connectivity index is 0.00000180. The van der Waals surface area contributed by atoms with Crippen molar-refractivity contribution < 1.29 is 8.78 Å². The van der Waals surface area contributed by atoms with Gasteiger partial charge in [-0.2, -0.15) is 0 Å². The maximum absolute atomic E-state index is 12.8. The van der Waals surface area contributed by atoms with Gasteiger partial charge in [-0.1, -0.05) is 31.2 Å². The Hall–Kier alpha value is -1.45. The fourth-order valence-corrected chi connectivity index (χ4v) is 1.95. The van der Waals surface area contributed by atoms with Crippen molar-refractivity contribution in [3.8, 4) is 0 Å². The van der Waals surface area contributed by atoms with Gasteiger partial charge < -0.3 is 5.73 Å². The van der Waals surface area contributed by atoms with Crippen molar-refractivity contribution in [3.05, 3.63) is 71.3 Å². The zero-order valence-electron chi connectivity index (χ0n) is 10.5. The number of rotatable bonds is 3. The largest absolute Gasteiger partial charge is 0.323 e. The SMILES string of the molecule is CC(c1ccc(F)cc1)C(N)c1ccc(F)cc1.Cl. The lowest BCUT2D eigenvalue weighted by molar-refractivity contribution is 0.586. The quantitative estimate of drug-likeness (QED) is 0.898. The van der Waals surface area contributed by atoms with E-state index in [2.05, 4.69) is 0 Å². The molecule has 2 aromatic rings. The van der Waals surface area contributed by atoms with Gasteiger partial charge in [-0.25, -0.2) is 8.78 Å². The smallest absolute Gasteiger partial charge is 0.123 e. The van der Waals surface area contributed by atoms with E-state index in [9.17, 15) is 8.78 Å². The van der Waals surface area contributed by atoms with Gasteiger partial charge in [0.15, 0.2) is 0 Å². The normalized spacial score (nSPS) is 13.5. The molecule has 0 bridgehead atoms. The van der Waals surface area contributed by atoms with Crippen LogP contribution in [0.15, 0.2) is 48.5 Å². The van der Waals surface area contributed by atoms with Crippen LogP contribution in [0.1, 0.15) is 30.0 Å². The first-order valence-corrected chi connectivity index (χ1v) is 5.84. The Morgan fingerprint density at radius 3 is 1.58 bits per heavy atom. The molecule has 0 aliphatic rings. The molecule has 4 heteroatoms. The Bertz CT molecular complexity index is 461. The summed E-state index contributed by atoms with van der Waals surface area (Å²) in [5, 5.41) is 0. The summed E-state index contributed by atoms with van der Waals surface area (Å²) in [4.78, 5) is 0. The first kappa shape index (κ1) is 15.6. The molecule has 0 aliphatic carbocycles. The highest BCUT2D eigenvalue weighted by atomic mass is 35.5. The molecule has 0 fully saturated rings. The molecule has 0 heterocycles. The summed E-state index contributed by atoms with van der Waals surface area (Å²) in [5.74, 6) is -0.502. The van der Waals surface area contributed by atoms with Crippen LogP contribution >= 0.6 is 12.4 Å². The van der Waals surface area contributed by atoms with Crippen molar-refractivity contribution in [3.63, 3.8) is 0 Å². The average Bonchev–Trinajstić information content (AvgIpc) is 2.39. The highest BCUT2D eigenvalue weighted by Gasteiger charge is 2.16. The molecule has 0 radical (unpaired) electrons. The van der Waals surface area contributed by atoms with Crippen LogP contribution in [-0.4, -0.2) is 0 Å². The van der Waals surface area contributed by atoms with E-state index in [1.807, 2.05) is 6.92 Å². The number of halogens is 3. The lowest BCUT2D eigenvalue weighted by atomic mass is 9.89. The minimum Gasteiger partial charge on any atom is -0.323 e. The number of nitrogens with two attached hydrogens (primary N) is 1. The molecular formula is C15H16ClF2N. The Morgan fingerprint density at radius 1 is 0.789 bits per heavy atom. The van der Waals surface area contributed by atoms with Crippen LogP contribution in [0.2, 0.25) is 0 Å². The number of benzene rings is 2. The van der Waals surface area contributed by atoms with E-state index in [0.717, 1.165) is 11.1 Å². The van der Waals surface area contributed by atoms with Crippen LogP contribution in [0, 0.1) is 11.6 Å². The van der Waals surface area contributed by atoms with E-state index in [1.54, 1.807) is 24.3 Å². The first-order valence-electron chi connectivity index (χ1n) is 5.84. The van der Waals surface area contributed by atoms with E-state index in [4.69, 9.17) is 5.73 Å². The first-order chi connectivity index (χ1) is 8.58. The highest BCUT2D eigenvalue weighted by Crippen LogP contribution is 2.28. The summed E-state index contributed by atoms with van der Waals surface area (Å²) in [6, 6.07) is 12.2. The maximum Gasteiger partial charge on any atom is 0.123 e. The molecular weight excluding hydrogens is 268 g/mol. The molecule has 0 saturated carbocycles. The van der Waals surface area contributed by atoms with Crippen molar-refractivity contribution in [1.82, 2.24) is 0 Å². The second-order valence-electron chi connectivity index (χ2n) is 4.42. The van der Waals surface area contributed by atoms with Crippen molar-refractivity contribution in [2.75, 3.05) is 0 Å². The van der Waals surface area contributed by atoms with Crippen LogP contribution in [-0.2, 0) is 0 Å². The molecule has 2 aromatic carbocycles. The van der Waals surface area contributed by atoms with Crippen LogP contribution in [0.3, 0.4) is 0 Å². The number of hydrogen-bond acceptors (Lipinski definition) is 1. The third-order valence-corrected chi connectivity index (χ3v) is 3.19. The summed E-state index contributed by atoms with van der Waals surface area (Å²) < 4.78 is 25.7. The molecule has 1 nitrogen and oxygen atoms in total. The molecule has 0 aliphatic heterocycles. The Morgan fingerprint density at radius 2 is 1.16 bits per heavy atom. The maximum atomic E-state index is 12.8. The van der Waals surface area contributed by atoms with Gasteiger partial charge in [0.1, 0.15) is 11.6 Å². The molecule has 0 aromatic heterocycles. The second kappa shape index (κ2) is 6.64. The Kier molecular flexibility index (Phi) is 5.45. The van der Waals surface area contributed by atoms with E-state index >= 15 is 0 Å². The van der Waals surface area contributed by atoms with Crippen LogP contribution < -0.4 is 5.73 Å². The van der Waals surface area contributed by atoms with Crippen molar-refractivity contribution in [2.45, 2.75) is 18.9 Å². The standard InChI is InChI=1S/C15H15F2N.ClH/c1-10(11-2-6-13(16)7-3-11)15(18)12-4-8-14(17)9-5-12;/h2-10,15H,18H2,1H3;1H. The molecule has 0 spiro atoms. The van der Waals surface area contributed by atoms with Crippen LogP contribution in [0.4, 0.5) is 8.78 Å². The van der Waals surface area contributed by atoms with Crippen molar-refractivity contribution in [2.24, 2.45) is 5.73 Å². The van der Waals surface area contributed by atoms with Gasteiger partial charge >= 0.3 is 0 Å². The van der Waals surface area contributed by atoms with E-state index in [1.165, 1.54) is 24.3 Å². The third kappa shape index (κ3) is 3.75. The fourth-order valence-electron chi connectivity index (χ4n) is 1.95. The molecule has 2 rings (SSSR count). The lowest BCUT2D eigenvalue weighted by Gasteiger charge is -2.20. The minimum absolute atomic E-state index is 0. The van der Waals surface area contributed by atoms with Gasteiger partial charge in [0.25, 0.3) is 0 Å². The molecule has 2 atom stereocenters. The fraction of sp³-hybridized carbons (Fsp3) is 0.200. The molecule has 2 unspecified atom stereocenters. The van der Waals surface area contributed by atoms with Crippen molar-refractivity contribution >= 4 is 12.4 Å². The predicted octanol–water partition coefficient (Wildman–Crippen LogP) is 4.19. The topological polar surface area (TPSA) is 26.0 Å². The summed E-state index contributed by atoms with van der Waals surface area (Å²) in [6.07, 6.45) is 0. The second-order valence-corrected chi connectivity index (χ2v) is 4.42. The highest BCUT2D eigenvalue weighted by molar-refractivity contribution is 5.85. The monoisotopic (exact) mass is 283 g/mol. The molecule has 0 amide bonds. The van der Waals surface area contributed by atoms with Gasteiger partial charge in [0, 0.05) is 12.0 Å². The summed E-state index contributed by atoms with van der Waals surface area (Å²) >= 11 is 0. The van der Waals surface area contributed by atoms with Gasteiger partial charge in [-0.05, 0) is 35.4 Å². The molecule has 0 saturated heterocycles. The van der Waals surface area contributed by atoms with Gasteiger partial charge in [-0.15, -0.1) is 12.4 Å². The summed E-state index contributed by atoms with van der Waals surface area (Å²) in [5.41, 5.74) is 7.98. The van der Waals surface area contributed by atoms with Crippen LogP contribution in [0.25, 0.3) is 0 Å². The number of hydrogen-bond donors (Lipinski definition) is 1. The summed E-state index contributed by atoms with van der Waals surface area (Å²) in [6.45, 7) is 1.97.